The van der Waals surface area contributed by atoms with Gasteiger partial charge in [0.15, 0.2) is 0 Å². The van der Waals surface area contributed by atoms with E-state index in [1.54, 1.807) is 0 Å². The van der Waals surface area contributed by atoms with Gasteiger partial charge in [0.2, 0.25) is 0 Å². The normalized spacial score (nSPS) is 4.50. The largest absolute Gasteiger partial charge is 0.0949 e. The Balaban J connectivity index is 0. The molecule has 2 heteroatoms. The smallest absolute Gasteiger partial charge is 0.0337 e. The van der Waals surface area contributed by atoms with Crippen molar-refractivity contribution in [3.63, 3.8) is 0 Å². The zero-order valence-corrected chi connectivity index (χ0v) is 6.44. The second-order valence-electron chi connectivity index (χ2n) is 0.447. The van der Waals surface area contributed by atoms with Gasteiger partial charge in [0.05, 0.1) is 12.5 Å². The van der Waals surface area contributed by atoms with Crippen molar-refractivity contribution in [2.24, 2.45) is 0 Å². The van der Waals surface area contributed by atoms with Crippen molar-refractivity contribution in [2.45, 2.75) is 0 Å². The van der Waals surface area contributed by atoms with Crippen molar-refractivity contribution < 1.29 is 20.4 Å². The molecule has 1 radical (unpaired) electrons. The van der Waals surface area contributed by atoms with Gasteiger partial charge in [-0.3, -0.25) is 0 Å². The monoisotopic (exact) mass is 250 g/mol. The fourth-order valence-corrected chi connectivity index (χ4v) is 0. The third-order valence-electron chi connectivity index (χ3n) is 0. The van der Waals surface area contributed by atoms with Crippen LogP contribution in [-0.2, 0) is 32.2 Å². The molecule has 0 saturated carbocycles. The molecule has 0 aromatic carbocycles. The van der Waals surface area contributed by atoms with Gasteiger partial charge >= 0.3 is 0 Å². The van der Waals surface area contributed by atoms with Crippen LogP contribution < -0.4 is 0 Å². The zero-order valence-electron chi connectivity index (χ0n) is 2.83. The summed E-state index contributed by atoms with van der Waals surface area (Å²) in [5, 5.41) is 0. The minimum atomic E-state index is 0. The first kappa shape index (κ1) is 8.89. The third-order valence-corrected chi connectivity index (χ3v) is 0. The SMILES string of the molecule is C[SH+]C.[Re]. The molecule has 0 bridgehead atoms. The molecule has 0 rings (SSSR count). The summed E-state index contributed by atoms with van der Waals surface area (Å²) in [6.07, 6.45) is 4.19. The topological polar surface area (TPSA) is 0 Å². The van der Waals surface area contributed by atoms with Crippen LogP contribution in [0.25, 0.3) is 0 Å². The van der Waals surface area contributed by atoms with E-state index < -0.39 is 0 Å². The molecule has 0 aliphatic heterocycles. The first-order valence-electron chi connectivity index (χ1n) is 0.894. The summed E-state index contributed by atoms with van der Waals surface area (Å²) in [6.45, 7) is 0. The summed E-state index contributed by atoms with van der Waals surface area (Å²) in [5.74, 6) is 0. The number of hydrogen-bond donors (Lipinski definition) is 0. The number of thiol groups is 1. The van der Waals surface area contributed by atoms with Gasteiger partial charge in [0.1, 0.15) is 0 Å². The van der Waals surface area contributed by atoms with Crippen LogP contribution in [0.5, 0.6) is 0 Å². The fraction of sp³-hybridized carbons (Fsp3) is 1.00. The van der Waals surface area contributed by atoms with E-state index in [4.69, 9.17) is 0 Å². The first-order chi connectivity index (χ1) is 1.41. The maximum Gasteiger partial charge on any atom is 0.0949 e. The Hall–Kier alpha value is 1.01. The maximum atomic E-state index is 2.10. The van der Waals surface area contributed by atoms with Gasteiger partial charge in [-0.2, -0.15) is 0 Å². The minimum Gasteiger partial charge on any atom is -0.0337 e. The van der Waals surface area contributed by atoms with Crippen molar-refractivity contribution in [1.82, 2.24) is 0 Å². The molecule has 0 saturated heterocycles. The molecule has 0 aromatic rings. The molecule has 0 atom stereocenters. The van der Waals surface area contributed by atoms with Crippen molar-refractivity contribution in [3.05, 3.63) is 0 Å². The van der Waals surface area contributed by atoms with Gasteiger partial charge in [-0.15, -0.1) is 0 Å². The van der Waals surface area contributed by atoms with Gasteiger partial charge in [-0.05, 0) is 11.8 Å². The fourth-order valence-electron chi connectivity index (χ4n) is 0. The van der Waals surface area contributed by atoms with Crippen LogP contribution in [0.1, 0.15) is 0 Å². The van der Waals surface area contributed by atoms with Gasteiger partial charge in [-0.1, -0.05) is 0 Å². The van der Waals surface area contributed by atoms with E-state index in [9.17, 15) is 0 Å². The Morgan fingerprint density at radius 1 is 1.25 bits per heavy atom. The van der Waals surface area contributed by atoms with E-state index >= 15 is 0 Å². The molecule has 4 heavy (non-hydrogen) atoms. The number of rotatable bonds is 0. The molecular formula is C2H7ReS+. The van der Waals surface area contributed by atoms with Crippen molar-refractivity contribution in [1.29, 1.82) is 0 Å². The average Bonchev–Trinajstić information content (AvgIpc) is 0.918. The standard InChI is InChI=1S/C2H6S.Re/c1-3-2;/h1-2H3;/p+1. The summed E-state index contributed by atoms with van der Waals surface area (Å²) < 4.78 is 0. The van der Waals surface area contributed by atoms with Crippen LogP contribution >= 0.6 is 0 Å². The Kier molecular flexibility index (Phi) is 20.0. The summed E-state index contributed by atoms with van der Waals surface area (Å²) in [5.41, 5.74) is 0. The zero-order chi connectivity index (χ0) is 2.71. The van der Waals surface area contributed by atoms with E-state index in [2.05, 4.69) is 12.5 Å². The molecule has 0 nitrogen and oxygen atoms in total. The van der Waals surface area contributed by atoms with E-state index in [0.717, 1.165) is 0 Å². The molecule has 0 unspecified atom stereocenters. The van der Waals surface area contributed by atoms with Crippen molar-refractivity contribution >= 4 is 11.8 Å². The van der Waals surface area contributed by atoms with Crippen LogP contribution in [-0.4, -0.2) is 12.5 Å². The minimum absolute atomic E-state index is 0. The van der Waals surface area contributed by atoms with Gasteiger partial charge in [-0.25, -0.2) is 0 Å². The third kappa shape index (κ3) is 11.9. The number of hydrogen-bond acceptors (Lipinski definition) is 0. The molecule has 0 spiro atoms. The quantitative estimate of drug-likeness (QED) is 0.421. The molecule has 0 aliphatic carbocycles. The van der Waals surface area contributed by atoms with E-state index in [1.807, 2.05) is 0 Å². The summed E-state index contributed by atoms with van der Waals surface area (Å²) in [4.78, 5) is 0. The average molecular weight is 249 g/mol. The van der Waals surface area contributed by atoms with Crippen LogP contribution in [0.2, 0.25) is 0 Å². The molecule has 0 amide bonds. The van der Waals surface area contributed by atoms with Gasteiger partial charge < -0.3 is 0 Å². The van der Waals surface area contributed by atoms with Crippen LogP contribution in [0.3, 0.4) is 0 Å². The molecule has 27 valence electrons. The molecule has 0 N–H and O–H groups in total. The maximum absolute atomic E-state index is 2.10. The van der Waals surface area contributed by atoms with E-state index in [0.29, 0.717) is 0 Å². The first-order valence-corrected chi connectivity index (χ1v) is 2.68. The van der Waals surface area contributed by atoms with Gasteiger partial charge in [0.25, 0.3) is 0 Å². The van der Waals surface area contributed by atoms with Crippen molar-refractivity contribution in [3.8, 4) is 0 Å². The molecule has 0 heterocycles. The Morgan fingerprint density at radius 3 is 1.25 bits per heavy atom. The van der Waals surface area contributed by atoms with E-state index in [1.165, 1.54) is 11.8 Å². The Labute approximate surface area is 45.0 Å². The predicted octanol–water partition coefficient (Wildman–Crippen LogP) is 0.0584. The molecule has 0 aliphatic rings. The second-order valence-corrected chi connectivity index (χ2v) is 1.34. The Bertz CT molecular complexity index is 6.00. The molecule has 0 fully saturated rings. The molecular weight excluding hydrogens is 242 g/mol. The summed E-state index contributed by atoms with van der Waals surface area (Å²) in [7, 11) is 0. The van der Waals surface area contributed by atoms with E-state index in [-0.39, 0.29) is 20.4 Å². The Morgan fingerprint density at radius 2 is 1.25 bits per heavy atom. The predicted molar refractivity (Wildman–Crippen MR) is 20.6 cm³/mol. The van der Waals surface area contributed by atoms with Crippen LogP contribution in [0.15, 0.2) is 0 Å². The van der Waals surface area contributed by atoms with Gasteiger partial charge in [0, 0.05) is 20.4 Å². The summed E-state index contributed by atoms with van der Waals surface area (Å²) >= 11 is 1.42. The van der Waals surface area contributed by atoms with Crippen LogP contribution in [0, 0.1) is 0 Å². The summed E-state index contributed by atoms with van der Waals surface area (Å²) in [6, 6.07) is 0. The molecule has 0 aromatic heterocycles. The van der Waals surface area contributed by atoms with Crippen LogP contribution in [0.4, 0.5) is 0 Å². The second kappa shape index (κ2) is 8.99. The van der Waals surface area contributed by atoms with Crippen molar-refractivity contribution in [2.75, 3.05) is 12.5 Å².